The molecule has 4 heteroatoms. The van der Waals surface area contributed by atoms with Gasteiger partial charge in [0.25, 0.3) is 0 Å². The largest absolute Gasteiger partial charge is 0.486 e. The van der Waals surface area contributed by atoms with Crippen molar-refractivity contribution in [3.63, 3.8) is 0 Å². The molecule has 2 atom stereocenters. The summed E-state index contributed by atoms with van der Waals surface area (Å²) in [5, 5.41) is 0. The second kappa shape index (κ2) is 4.92. The number of alkyl halides is 1. The van der Waals surface area contributed by atoms with Crippen molar-refractivity contribution in [1.29, 1.82) is 0 Å². The van der Waals surface area contributed by atoms with Crippen molar-refractivity contribution in [2.45, 2.75) is 25.9 Å². The van der Waals surface area contributed by atoms with Gasteiger partial charge in [0.1, 0.15) is 19.4 Å². The zero-order chi connectivity index (χ0) is 12.4. The predicted octanol–water partition coefficient (Wildman–Crippen LogP) is 2.55. The molecule has 0 radical (unpaired) electrons. The first-order valence-corrected chi connectivity index (χ1v) is 5.91. The third-order valence-electron chi connectivity index (χ3n) is 3.04. The maximum absolute atomic E-state index is 13.4. The zero-order valence-corrected chi connectivity index (χ0v) is 10.2. The quantitative estimate of drug-likeness (QED) is 0.881. The standard InChI is InChI=1S/C13H18FNO2/c1-8(7-15)11-5-10(9(2)14)6-12-13(11)17-4-3-16-12/h5-6,8-9H,3-4,7,15H2,1-2H3. The van der Waals surface area contributed by atoms with Crippen molar-refractivity contribution in [3.8, 4) is 11.5 Å². The zero-order valence-electron chi connectivity index (χ0n) is 10.2. The molecule has 1 aliphatic heterocycles. The molecule has 2 rings (SSSR count). The Morgan fingerprint density at radius 3 is 2.65 bits per heavy atom. The van der Waals surface area contributed by atoms with Gasteiger partial charge in [0.05, 0.1) is 0 Å². The second-order valence-corrected chi connectivity index (χ2v) is 4.39. The number of hydrogen-bond donors (Lipinski definition) is 1. The van der Waals surface area contributed by atoms with Crippen molar-refractivity contribution in [2.75, 3.05) is 19.8 Å². The van der Waals surface area contributed by atoms with Crippen LogP contribution in [-0.4, -0.2) is 19.8 Å². The molecule has 0 saturated heterocycles. The number of nitrogens with two attached hydrogens (primary N) is 1. The Kier molecular flexibility index (Phi) is 3.52. The summed E-state index contributed by atoms with van der Waals surface area (Å²) >= 11 is 0. The van der Waals surface area contributed by atoms with Gasteiger partial charge >= 0.3 is 0 Å². The summed E-state index contributed by atoms with van der Waals surface area (Å²) in [5.41, 5.74) is 7.22. The number of fused-ring (bicyclic) bond motifs is 1. The van der Waals surface area contributed by atoms with Gasteiger partial charge in [-0.15, -0.1) is 0 Å². The molecule has 0 fully saturated rings. The van der Waals surface area contributed by atoms with Crippen LogP contribution in [0.1, 0.15) is 37.1 Å². The van der Waals surface area contributed by atoms with Gasteiger partial charge in [-0.05, 0) is 37.1 Å². The van der Waals surface area contributed by atoms with E-state index in [9.17, 15) is 4.39 Å². The lowest BCUT2D eigenvalue weighted by Gasteiger charge is -2.24. The van der Waals surface area contributed by atoms with Crippen LogP contribution in [0.2, 0.25) is 0 Å². The summed E-state index contributed by atoms with van der Waals surface area (Å²) in [4.78, 5) is 0. The van der Waals surface area contributed by atoms with E-state index in [2.05, 4.69) is 0 Å². The summed E-state index contributed by atoms with van der Waals surface area (Å²) in [5.74, 6) is 1.48. The van der Waals surface area contributed by atoms with Crippen LogP contribution in [0, 0.1) is 0 Å². The highest BCUT2D eigenvalue weighted by molar-refractivity contribution is 5.52. The van der Waals surface area contributed by atoms with Gasteiger partial charge in [-0.25, -0.2) is 4.39 Å². The van der Waals surface area contributed by atoms with Crippen molar-refractivity contribution >= 4 is 0 Å². The first kappa shape index (κ1) is 12.2. The Bertz CT molecular complexity index is 407. The minimum atomic E-state index is -1.02. The monoisotopic (exact) mass is 239 g/mol. The summed E-state index contributed by atoms with van der Waals surface area (Å²) < 4.78 is 24.5. The molecule has 2 unspecified atom stereocenters. The molecule has 0 aliphatic carbocycles. The fraction of sp³-hybridized carbons (Fsp3) is 0.538. The van der Waals surface area contributed by atoms with Crippen molar-refractivity contribution in [2.24, 2.45) is 5.73 Å². The Balaban J connectivity index is 2.50. The van der Waals surface area contributed by atoms with Gasteiger partial charge in [0.15, 0.2) is 11.5 Å². The highest BCUT2D eigenvalue weighted by Crippen LogP contribution is 2.40. The van der Waals surface area contributed by atoms with Crippen molar-refractivity contribution in [1.82, 2.24) is 0 Å². The van der Waals surface area contributed by atoms with E-state index in [4.69, 9.17) is 15.2 Å². The third kappa shape index (κ3) is 2.36. The van der Waals surface area contributed by atoms with Crippen LogP contribution in [0.25, 0.3) is 0 Å². The Hall–Kier alpha value is -1.29. The summed E-state index contributed by atoms with van der Waals surface area (Å²) in [6.45, 7) is 5.05. The number of rotatable bonds is 3. The molecule has 1 aliphatic rings. The summed E-state index contributed by atoms with van der Waals surface area (Å²) in [6.07, 6.45) is -1.02. The van der Waals surface area contributed by atoms with Crippen LogP contribution in [0.4, 0.5) is 4.39 Å². The van der Waals surface area contributed by atoms with E-state index in [1.54, 1.807) is 6.07 Å². The summed E-state index contributed by atoms with van der Waals surface area (Å²) in [6, 6.07) is 3.54. The number of ether oxygens (including phenoxy) is 2. The normalized spacial score (nSPS) is 17.6. The van der Waals surface area contributed by atoms with Gasteiger partial charge < -0.3 is 15.2 Å². The van der Waals surface area contributed by atoms with E-state index in [-0.39, 0.29) is 5.92 Å². The molecule has 0 bridgehead atoms. The van der Waals surface area contributed by atoms with Crippen LogP contribution in [-0.2, 0) is 0 Å². The second-order valence-electron chi connectivity index (χ2n) is 4.39. The molecule has 17 heavy (non-hydrogen) atoms. The van der Waals surface area contributed by atoms with E-state index in [0.29, 0.717) is 31.1 Å². The molecular weight excluding hydrogens is 221 g/mol. The molecule has 3 nitrogen and oxygen atoms in total. The lowest BCUT2D eigenvalue weighted by molar-refractivity contribution is 0.168. The number of hydrogen-bond acceptors (Lipinski definition) is 3. The van der Waals surface area contributed by atoms with Crippen LogP contribution in [0.15, 0.2) is 12.1 Å². The molecule has 1 aromatic carbocycles. The average molecular weight is 239 g/mol. The van der Waals surface area contributed by atoms with Gasteiger partial charge in [-0.3, -0.25) is 0 Å². The molecule has 94 valence electrons. The fourth-order valence-electron chi connectivity index (χ4n) is 1.93. The smallest absolute Gasteiger partial charge is 0.164 e. The highest BCUT2D eigenvalue weighted by atomic mass is 19.1. The maximum atomic E-state index is 13.4. The lowest BCUT2D eigenvalue weighted by atomic mass is 9.96. The Labute approximate surface area is 101 Å². The topological polar surface area (TPSA) is 44.5 Å². The minimum Gasteiger partial charge on any atom is -0.486 e. The SMILES string of the molecule is CC(F)c1cc2c(c(C(C)CN)c1)OCCO2. The van der Waals surface area contributed by atoms with Crippen LogP contribution < -0.4 is 15.2 Å². The van der Waals surface area contributed by atoms with Gasteiger partial charge in [0.2, 0.25) is 0 Å². The van der Waals surface area contributed by atoms with E-state index in [0.717, 1.165) is 11.3 Å². The molecular formula is C13H18FNO2. The predicted molar refractivity (Wildman–Crippen MR) is 64.4 cm³/mol. The van der Waals surface area contributed by atoms with E-state index in [1.807, 2.05) is 13.0 Å². The molecule has 1 aromatic rings. The molecule has 0 spiro atoms. The number of benzene rings is 1. The molecule has 0 aromatic heterocycles. The maximum Gasteiger partial charge on any atom is 0.164 e. The molecule has 1 heterocycles. The highest BCUT2D eigenvalue weighted by Gasteiger charge is 2.22. The van der Waals surface area contributed by atoms with Crippen molar-refractivity contribution in [3.05, 3.63) is 23.3 Å². The van der Waals surface area contributed by atoms with Crippen molar-refractivity contribution < 1.29 is 13.9 Å². The minimum absolute atomic E-state index is 0.129. The first-order valence-electron chi connectivity index (χ1n) is 5.91. The van der Waals surface area contributed by atoms with Gasteiger partial charge in [0, 0.05) is 5.56 Å². The lowest BCUT2D eigenvalue weighted by Crippen LogP contribution is -2.19. The first-order chi connectivity index (χ1) is 8.13. The van der Waals surface area contributed by atoms with Gasteiger partial charge in [-0.2, -0.15) is 0 Å². The third-order valence-corrected chi connectivity index (χ3v) is 3.04. The molecule has 0 amide bonds. The van der Waals surface area contributed by atoms with Crippen LogP contribution in [0.5, 0.6) is 11.5 Å². The Morgan fingerprint density at radius 1 is 1.29 bits per heavy atom. The Morgan fingerprint density at radius 2 is 2.00 bits per heavy atom. The molecule has 2 N–H and O–H groups in total. The van der Waals surface area contributed by atoms with E-state index >= 15 is 0 Å². The molecule has 0 saturated carbocycles. The number of halogens is 1. The van der Waals surface area contributed by atoms with Crippen LogP contribution >= 0.6 is 0 Å². The van der Waals surface area contributed by atoms with Crippen LogP contribution in [0.3, 0.4) is 0 Å². The average Bonchev–Trinajstić information content (AvgIpc) is 2.36. The summed E-state index contributed by atoms with van der Waals surface area (Å²) in [7, 11) is 0. The van der Waals surface area contributed by atoms with Gasteiger partial charge in [-0.1, -0.05) is 6.92 Å². The fourth-order valence-corrected chi connectivity index (χ4v) is 1.93. The van der Waals surface area contributed by atoms with E-state index < -0.39 is 6.17 Å². The van der Waals surface area contributed by atoms with E-state index in [1.165, 1.54) is 6.92 Å².